The molecule has 0 aliphatic rings. The molecule has 0 saturated carbocycles. The van der Waals surface area contributed by atoms with Crippen LogP contribution >= 0.6 is 0 Å². The second kappa shape index (κ2) is 5.40. The number of benzene rings is 1. The maximum Gasteiger partial charge on any atom is 0.419 e. The topological polar surface area (TPSA) is 74.6 Å². The maximum atomic E-state index is 12.4. The Hall–Kier alpha value is -1.86. The van der Waals surface area contributed by atoms with E-state index in [0.29, 0.717) is 10.9 Å². The molecule has 22 heavy (non-hydrogen) atoms. The highest BCUT2D eigenvalue weighted by Gasteiger charge is 2.29. The SMILES string of the molecule is COS(=O)(=O)c1c(C)n(C(=O)OC(C)(C)C)c2ccccc12. The third-order valence-electron chi connectivity index (χ3n) is 3.10. The van der Waals surface area contributed by atoms with Crippen molar-refractivity contribution in [3.05, 3.63) is 30.0 Å². The van der Waals surface area contributed by atoms with Crippen molar-refractivity contribution >= 4 is 27.1 Å². The summed E-state index contributed by atoms with van der Waals surface area (Å²) in [5.41, 5.74) is 0.0389. The van der Waals surface area contributed by atoms with Gasteiger partial charge in [0.05, 0.1) is 12.6 Å². The Kier molecular flexibility index (Phi) is 4.06. The first-order valence-corrected chi connectivity index (χ1v) is 8.13. The number of carbonyl (C=O) groups excluding carboxylic acids is 1. The highest BCUT2D eigenvalue weighted by molar-refractivity contribution is 7.87. The molecule has 0 fully saturated rings. The summed E-state index contributed by atoms with van der Waals surface area (Å²) in [5, 5.41) is 0.424. The average Bonchev–Trinajstić information content (AvgIpc) is 2.69. The van der Waals surface area contributed by atoms with E-state index < -0.39 is 21.8 Å². The van der Waals surface area contributed by atoms with Crippen molar-refractivity contribution in [2.75, 3.05) is 7.11 Å². The van der Waals surface area contributed by atoms with Crippen LogP contribution in [-0.4, -0.2) is 31.8 Å². The summed E-state index contributed by atoms with van der Waals surface area (Å²) < 4.78 is 35.6. The van der Waals surface area contributed by atoms with Gasteiger partial charge in [-0.05, 0) is 33.8 Å². The second-order valence-corrected chi connectivity index (χ2v) is 7.52. The zero-order valence-corrected chi connectivity index (χ0v) is 14.0. The van der Waals surface area contributed by atoms with E-state index in [9.17, 15) is 13.2 Å². The van der Waals surface area contributed by atoms with Gasteiger partial charge in [0.2, 0.25) is 0 Å². The van der Waals surface area contributed by atoms with Crippen LogP contribution in [-0.2, 0) is 19.0 Å². The molecule has 6 nitrogen and oxygen atoms in total. The summed E-state index contributed by atoms with van der Waals surface area (Å²) in [6, 6.07) is 6.73. The van der Waals surface area contributed by atoms with E-state index in [4.69, 9.17) is 4.74 Å². The van der Waals surface area contributed by atoms with Crippen molar-refractivity contribution < 1.29 is 22.1 Å². The molecule has 0 N–H and O–H groups in total. The molecule has 0 amide bonds. The van der Waals surface area contributed by atoms with E-state index >= 15 is 0 Å². The Morgan fingerprint density at radius 3 is 2.32 bits per heavy atom. The third kappa shape index (κ3) is 2.86. The summed E-state index contributed by atoms with van der Waals surface area (Å²) in [7, 11) is -2.85. The standard InChI is InChI=1S/C15H19NO5S/c1-10-13(22(18,19)20-5)11-8-6-7-9-12(11)16(10)14(17)21-15(2,3)4/h6-9H,1-5H3. The van der Waals surface area contributed by atoms with Gasteiger partial charge in [-0.2, -0.15) is 8.42 Å². The van der Waals surface area contributed by atoms with Gasteiger partial charge in [-0.15, -0.1) is 0 Å². The van der Waals surface area contributed by atoms with Crippen molar-refractivity contribution in [3.63, 3.8) is 0 Å². The molecule has 7 heteroatoms. The van der Waals surface area contributed by atoms with Crippen molar-refractivity contribution in [2.24, 2.45) is 0 Å². The summed E-state index contributed by atoms with van der Waals surface area (Å²) in [5.74, 6) is 0. The van der Waals surface area contributed by atoms with Gasteiger partial charge in [0.15, 0.2) is 0 Å². The van der Waals surface area contributed by atoms with Crippen LogP contribution < -0.4 is 0 Å². The quantitative estimate of drug-likeness (QED) is 0.793. The van der Waals surface area contributed by atoms with Gasteiger partial charge in [-0.3, -0.25) is 4.18 Å². The second-order valence-electron chi connectivity index (χ2n) is 5.87. The van der Waals surface area contributed by atoms with E-state index in [1.165, 1.54) is 4.57 Å². The molecule has 0 aliphatic carbocycles. The molecular weight excluding hydrogens is 306 g/mol. The molecule has 1 heterocycles. The molecular formula is C15H19NO5S. The molecule has 0 saturated heterocycles. The number of hydrogen-bond donors (Lipinski definition) is 0. The molecule has 2 rings (SSSR count). The lowest BCUT2D eigenvalue weighted by Crippen LogP contribution is -2.27. The molecule has 0 unspecified atom stereocenters. The Morgan fingerprint density at radius 1 is 1.18 bits per heavy atom. The predicted molar refractivity (Wildman–Crippen MR) is 82.5 cm³/mol. The number of para-hydroxylation sites is 1. The van der Waals surface area contributed by atoms with Gasteiger partial charge < -0.3 is 4.74 Å². The monoisotopic (exact) mass is 325 g/mol. The Morgan fingerprint density at radius 2 is 1.77 bits per heavy atom. The van der Waals surface area contributed by atoms with Crippen LogP contribution in [0.5, 0.6) is 0 Å². The fourth-order valence-corrected chi connectivity index (χ4v) is 3.34. The van der Waals surface area contributed by atoms with Crippen LogP contribution in [0.1, 0.15) is 26.5 Å². The lowest BCUT2D eigenvalue weighted by molar-refractivity contribution is 0.0541. The number of carbonyl (C=O) groups is 1. The normalized spacial score (nSPS) is 12.6. The van der Waals surface area contributed by atoms with Crippen molar-refractivity contribution in [1.29, 1.82) is 0 Å². The Bertz CT molecular complexity index is 827. The van der Waals surface area contributed by atoms with Crippen LogP contribution in [0.15, 0.2) is 29.2 Å². The minimum Gasteiger partial charge on any atom is -0.443 e. The minimum absolute atomic E-state index is 0.0172. The fraction of sp³-hybridized carbons (Fsp3) is 0.400. The van der Waals surface area contributed by atoms with Gasteiger partial charge in [-0.25, -0.2) is 9.36 Å². The molecule has 2 aromatic rings. The number of rotatable bonds is 2. The van der Waals surface area contributed by atoms with Gasteiger partial charge in [0, 0.05) is 11.1 Å². The lowest BCUT2D eigenvalue weighted by atomic mass is 10.2. The first kappa shape index (κ1) is 16.5. The average molecular weight is 325 g/mol. The summed E-state index contributed by atoms with van der Waals surface area (Å²) in [4.78, 5) is 12.4. The molecule has 1 aromatic heterocycles. The number of fused-ring (bicyclic) bond motifs is 1. The summed E-state index contributed by atoms with van der Waals surface area (Å²) in [6.07, 6.45) is -0.626. The molecule has 0 atom stereocenters. The van der Waals surface area contributed by atoms with Crippen LogP contribution in [0.25, 0.3) is 10.9 Å². The predicted octanol–water partition coefficient (Wildman–Crippen LogP) is 3.07. The highest BCUT2D eigenvalue weighted by atomic mass is 32.2. The Balaban J connectivity index is 2.77. The maximum absolute atomic E-state index is 12.4. The number of ether oxygens (including phenoxy) is 1. The van der Waals surface area contributed by atoms with Gasteiger partial charge in [-0.1, -0.05) is 18.2 Å². The first-order valence-electron chi connectivity index (χ1n) is 6.72. The molecule has 120 valence electrons. The van der Waals surface area contributed by atoms with Crippen LogP contribution in [0, 0.1) is 6.92 Å². The smallest absolute Gasteiger partial charge is 0.419 e. The summed E-state index contributed by atoms with van der Waals surface area (Å²) >= 11 is 0. The van der Waals surface area contributed by atoms with Crippen molar-refractivity contribution in [3.8, 4) is 0 Å². The first-order chi connectivity index (χ1) is 10.1. The highest BCUT2D eigenvalue weighted by Crippen LogP contribution is 2.31. The van der Waals surface area contributed by atoms with E-state index in [1.807, 2.05) is 0 Å². The molecule has 1 aromatic carbocycles. The van der Waals surface area contributed by atoms with E-state index in [1.54, 1.807) is 52.0 Å². The number of nitrogens with zero attached hydrogens (tertiary/aromatic N) is 1. The third-order valence-corrected chi connectivity index (χ3v) is 4.55. The number of hydrogen-bond acceptors (Lipinski definition) is 5. The zero-order chi connectivity index (χ0) is 16.7. The minimum atomic E-state index is -3.94. The molecule has 0 spiro atoms. The number of aromatic nitrogens is 1. The summed E-state index contributed by atoms with van der Waals surface area (Å²) in [6.45, 7) is 6.80. The zero-order valence-electron chi connectivity index (χ0n) is 13.2. The van der Waals surface area contributed by atoms with E-state index in [2.05, 4.69) is 4.18 Å². The van der Waals surface area contributed by atoms with Gasteiger partial charge in [0.25, 0.3) is 10.1 Å². The largest absolute Gasteiger partial charge is 0.443 e. The van der Waals surface area contributed by atoms with Gasteiger partial charge in [0.1, 0.15) is 10.5 Å². The fourth-order valence-electron chi connectivity index (χ4n) is 2.28. The van der Waals surface area contributed by atoms with Crippen molar-refractivity contribution in [2.45, 2.75) is 38.2 Å². The van der Waals surface area contributed by atoms with E-state index in [0.717, 1.165) is 7.11 Å². The van der Waals surface area contributed by atoms with Crippen molar-refractivity contribution in [1.82, 2.24) is 4.57 Å². The van der Waals surface area contributed by atoms with Crippen LogP contribution in [0.3, 0.4) is 0 Å². The molecule has 0 bridgehead atoms. The molecule has 0 aliphatic heterocycles. The Labute approximate surface area is 129 Å². The van der Waals surface area contributed by atoms with Crippen LogP contribution in [0.2, 0.25) is 0 Å². The lowest BCUT2D eigenvalue weighted by Gasteiger charge is -2.20. The van der Waals surface area contributed by atoms with Gasteiger partial charge >= 0.3 is 6.09 Å². The van der Waals surface area contributed by atoms with Crippen LogP contribution in [0.4, 0.5) is 4.79 Å². The van der Waals surface area contributed by atoms with E-state index in [-0.39, 0.29) is 10.6 Å². The molecule has 0 radical (unpaired) electrons.